The Morgan fingerprint density at radius 2 is 1.69 bits per heavy atom. The molecule has 0 unspecified atom stereocenters. The minimum absolute atomic E-state index is 0.110. The number of nitrogens with two attached hydrogens (primary N) is 1. The molecule has 45 heavy (non-hydrogen) atoms. The molecule has 0 saturated carbocycles. The van der Waals surface area contributed by atoms with Crippen LogP contribution in [0.25, 0.3) is 0 Å². The Morgan fingerprint density at radius 3 is 2.36 bits per heavy atom. The van der Waals surface area contributed by atoms with Crippen molar-refractivity contribution in [3.8, 4) is 5.75 Å². The monoisotopic (exact) mass is 616 g/mol. The molecule has 8 nitrogen and oxygen atoms in total. The molecule has 0 spiro atoms. The van der Waals surface area contributed by atoms with E-state index in [4.69, 9.17) is 10.5 Å². The van der Waals surface area contributed by atoms with Crippen LogP contribution in [0.2, 0.25) is 0 Å². The van der Waals surface area contributed by atoms with Gasteiger partial charge in [-0.1, -0.05) is 44.2 Å². The first kappa shape index (κ1) is 33.6. The number of carbonyl (C=O) groups is 3. The molecule has 1 saturated heterocycles. The van der Waals surface area contributed by atoms with E-state index in [1.807, 2.05) is 49.1 Å². The van der Waals surface area contributed by atoms with Gasteiger partial charge in [-0.05, 0) is 94.0 Å². The first-order valence-corrected chi connectivity index (χ1v) is 15.8. The van der Waals surface area contributed by atoms with Crippen molar-refractivity contribution >= 4 is 23.4 Å². The number of nitrogens with zero attached hydrogens (tertiary/aromatic N) is 1. The number of amides is 3. The van der Waals surface area contributed by atoms with E-state index in [-0.39, 0.29) is 35.7 Å². The van der Waals surface area contributed by atoms with Gasteiger partial charge in [-0.25, -0.2) is 4.39 Å². The van der Waals surface area contributed by atoms with Crippen LogP contribution in [0.3, 0.4) is 0 Å². The van der Waals surface area contributed by atoms with Crippen molar-refractivity contribution in [1.29, 1.82) is 0 Å². The summed E-state index contributed by atoms with van der Waals surface area (Å²) in [5, 5.41) is 5.90. The van der Waals surface area contributed by atoms with Gasteiger partial charge in [0.25, 0.3) is 11.8 Å². The average molecular weight is 617 g/mol. The highest BCUT2D eigenvalue weighted by Crippen LogP contribution is 2.26. The molecule has 1 fully saturated rings. The second-order valence-corrected chi connectivity index (χ2v) is 12.2. The lowest BCUT2D eigenvalue weighted by Crippen LogP contribution is -2.50. The summed E-state index contributed by atoms with van der Waals surface area (Å²) in [5.41, 5.74) is 8.88. The maximum Gasteiger partial charge on any atom is 0.254 e. The van der Waals surface area contributed by atoms with Crippen LogP contribution in [0, 0.1) is 11.7 Å². The van der Waals surface area contributed by atoms with Gasteiger partial charge in [0.1, 0.15) is 11.6 Å². The maximum absolute atomic E-state index is 13.8. The molecule has 9 heteroatoms. The Bertz CT molecular complexity index is 1450. The first-order chi connectivity index (χ1) is 21.5. The summed E-state index contributed by atoms with van der Waals surface area (Å²) in [7, 11) is 0. The summed E-state index contributed by atoms with van der Waals surface area (Å²) < 4.78 is 19.3. The molecule has 0 aliphatic carbocycles. The van der Waals surface area contributed by atoms with E-state index >= 15 is 0 Å². The molecule has 1 aliphatic rings. The normalized spacial score (nSPS) is 16.6. The zero-order chi connectivity index (χ0) is 32.5. The second-order valence-electron chi connectivity index (χ2n) is 12.2. The van der Waals surface area contributed by atoms with Gasteiger partial charge in [-0.3, -0.25) is 14.4 Å². The van der Waals surface area contributed by atoms with Crippen LogP contribution in [-0.4, -0.2) is 53.4 Å². The van der Waals surface area contributed by atoms with E-state index in [2.05, 4.69) is 17.6 Å². The summed E-state index contributed by atoms with van der Waals surface area (Å²) in [5.74, 6) is -1.17. The molecule has 0 aromatic heterocycles. The number of likely N-dealkylation sites (tertiary alicyclic amines) is 1. The zero-order valence-electron chi connectivity index (χ0n) is 26.6. The van der Waals surface area contributed by atoms with Gasteiger partial charge in [0.05, 0.1) is 6.10 Å². The molecule has 3 aromatic rings. The van der Waals surface area contributed by atoms with E-state index in [1.54, 1.807) is 25.1 Å². The second kappa shape index (κ2) is 15.7. The number of benzene rings is 3. The van der Waals surface area contributed by atoms with Gasteiger partial charge in [-0.2, -0.15) is 0 Å². The zero-order valence-corrected chi connectivity index (χ0v) is 26.6. The van der Waals surface area contributed by atoms with Gasteiger partial charge in [0.2, 0.25) is 5.91 Å². The number of anilines is 1. The summed E-state index contributed by atoms with van der Waals surface area (Å²) in [6.07, 6.45) is 3.39. The third-order valence-electron chi connectivity index (χ3n) is 8.21. The summed E-state index contributed by atoms with van der Waals surface area (Å²) in [4.78, 5) is 42.3. The van der Waals surface area contributed by atoms with Crippen LogP contribution in [0.4, 0.5) is 10.1 Å². The third-order valence-corrected chi connectivity index (χ3v) is 8.21. The van der Waals surface area contributed by atoms with Crippen LogP contribution in [-0.2, 0) is 11.2 Å². The standard InChI is InChI=1S/C36H45FN4O4/c1-5-30-12-9-17-41(30)36(44)27-20-26(21-31(22-27)45-23(2)3)35(43)40-33(19-25-10-7-6-8-11-25)32(38)18-24(4)34(42)39-29-15-13-28(37)14-16-29/h6-8,10-11,13-16,20-24,30,32-33H,5,9,12,17-19,38H2,1-4H3,(H,39,42)(H,40,43)/t24-,30+,32+,33+/m1/s1. The number of ether oxygens (including phenoxy) is 1. The number of rotatable bonds is 13. The van der Waals surface area contributed by atoms with Crippen molar-refractivity contribution in [3.05, 3.63) is 95.3 Å². The van der Waals surface area contributed by atoms with Crippen LogP contribution >= 0.6 is 0 Å². The SMILES string of the molecule is CC[C@H]1CCCN1C(=O)c1cc(OC(C)C)cc(C(=O)N[C@@H](Cc2ccccc2)[C@@H](N)C[C@@H](C)C(=O)Nc2ccc(F)cc2)c1. The van der Waals surface area contributed by atoms with Crippen molar-refractivity contribution in [1.82, 2.24) is 10.2 Å². The van der Waals surface area contributed by atoms with Crippen molar-refractivity contribution < 1.29 is 23.5 Å². The predicted molar refractivity (Wildman–Crippen MR) is 175 cm³/mol. The van der Waals surface area contributed by atoms with Gasteiger partial charge in [0, 0.05) is 47.4 Å². The Hall–Kier alpha value is -4.24. The molecule has 3 amide bonds. The van der Waals surface area contributed by atoms with E-state index in [1.165, 1.54) is 24.3 Å². The topological polar surface area (TPSA) is 114 Å². The number of halogens is 1. The van der Waals surface area contributed by atoms with E-state index in [0.29, 0.717) is 42.0 Å². The van der Waals surface area contributed by atoms with Crippen molar-refractivity contribution in [2.24, 2.45) is 11.7 Å². The lowest BCUT2D eigenvalue weighted by atomic mass is 9.91. The molecule has 1 heterocycles. The number of hydrogen-bond acceptors (Lipinski definition) is 5. The van der Waals surface area contributed by atoms with Gasteiger partial charge in [-0.15, -0.1) is 0 Å². The van der Waals surface area contributed by atoms with E-state index < -0.39 is 18.0 Å². The fourth-order valence-corrected chi connectivity index (χ4v) is 5.79. The number of nitrogens with one attached hydrogen (secondary N) is 2. The Balaban J connectivity index is 1.55. The Labute approximate surface area is 265 Å². The van der Waals surface area contributed by atoms with Crippen LogP contribution in [0.5, 0.6) is 5.75 Å². The molecular formula is C36H45FN4O4. The van der Waals surface area contributed by atoms with Crippen molar-refractivity contribution in [3.63, 3.8) is 0 Å². The maximum atomic E-state index is 13.8. The van der Waals surface area contributed by atoms with Crippen LogP contribution in [0.15, 0.2) is 72.8 Å². The molecule has 4 rings (SSSR count). The van der Waals surface area contributed by atoms with E-state index in [0.717, 1.165) is 24.8 Å². The molecule has 0 bridgehead atoms. The largest absolute Gasteiger partial charge is 0.491 e. The average Bonchev–Trinajstić information content (AvgIpc) is 3.50. The molecule has 4 atom stereocenters. The molecule has 1 aliphatic heterocycles. The van der Waals surface area contributed by atoms with Crippen molar-refractivity contribution in [2.75, 3.05) is 11.9 Å². The minimum Gasteiger partial charge on any atom is -0.491 e. The minimum atomic E-state index is -0.575. The fourth-order valence-electron chi connectivity index (χ4n) is 5.79. The Kier molecular flexibility index (Phi) is 11.7. The molecule has 0 radical (unpaired) electrons. The van der Waals surface area contributed by atoms with Crippen LogP contribution < -0.4 is 21.1 Å². The van der Waals surface area contributed by atoms with Gasteiger partial charge >= 0.3 is 0 Å². The summed E-state index contributed by atoms with van der Waals surface area (Å²) >= 11 is 0. The van der Waals surface area contributed by atoms with Gasteiger partial charge < -0.3 is 26.0 Å². The highest BCUT2D eigenvalue weighted by atomic mass is 19.1. The predicted octanol–water partition coefficient (Wildman–Crippen LogP) is 5.96. The summed E-state index contributed by atoms with van der Waals surface area (Å²) in [6, 6.07) is 19.3. The quantitative estimate of drug-likeness (QED) is 0.219. The van der Waals surface area contributed by atoms with Crippen molar-refractivity contribution in [2.45, 2.75) is 84.0 Å². The molecule has 4 N–H and O–H groups in total. The molecular weight excluding hydrogens is 571 g/mol. The number of carbonyl (C=O) groups excluding carboxylic acids is 3. The number of hydrogen-bond donors (Lipinski definition) is 3. The van der Waals surface area contributed by atoms with Gasteiger partial charge in [0.15, 0.2) is 0 Å². The highest BCUT2D eigenvalue weighted by Gasteiger charge is 2.30. The smallest absolute Gasteiger partial charge is 0.254 e. The Morgan fingerprint density at radius 1 is 1.00 bits per heavy atom. The van der Waals surface area contributed by atoms with E-state index in [9.17, 15) is 18.8 Å². The lowest BCUT2D eigenvalue weighted by molar-refractivity contribution is -0.119. The fraction of sp³-hybridized carbons (Fsp3) is 0.417. The first-order valence-electron chi connectivity index (χ1n) is 15.8. The highest BCUT2D eigenvalue weighted by molar-refractivity contribution is 6.00. The lowest BCUT2D eigenvalue weighted by Gasteiger charge is -2.28. The molecule has 240 valence electrons. The summed E-state index contributed by atoms with van der Waals surface area (Å²) in [6.45, 7) is 8.33. The third kappa shape index (κ3) is 9.38. The van der Waals surface area contributed by atoms with Crippen LogP contribution in [0.1, 0.15) is 79.7 Å². The molecule has 3 aromatic carbocycles.